The molecule has 0 bridgehead atoms. The molecule has 3 heterocycles. The minimum absolute atomic E-state index is 0.173. The van der Waals surface area contributed by atoms with Gasteiger partial charge in [-0.15, -0.1) is 5.10 Å². The van der Waals surface area contributed by atoms with Crippen LogP contribution in [0.4, 0.5) is 5.69 Å². The van der Waals surface area contributed by atoms with E-state index in [1.807, 2.05) is 29.8 Å². The summed E-state index contributed by atoms with van der Waals surface area (Å²) in [6, 6.07) is 15.0. The van der Waals surface area contributed by atoms with E-state index in [9.17, 15) is 0 Å². The maximum absolute atomic E-state index is 6.22. The van der Waals surface area contributed by atoms with Gasteiger partial charge in [0.1, 0.15) is 0 Å². The molecule has 2 aliphatic rings. The lowest BCUT2D eigenvalue weighted by Gasteiger charge is -2.22. The minimum atomic E-state index is 0.173. The number of rotatable bonds is 3. The quantitative estimate of drug-likeness (QED) is 0.654. The molecule has 2 N–H and O–H groups in total. The minimum Gasteiger partial charge on any atom is -0.378 e. The summed E-state index contributed by atoms with van der Waals surface area (Å²) in [7, 11) is 0. The van der Waals surface area contributed by atoms with Crippen LogP contribution in [0.15, 0.2) is 48.5 Å². The fourth-order valence-electron chi connectivity index (χ4n) is 4.38. The van der Waals surface area contributed by atoms with Gasteiger partial charge < -0.3 is 10.6 Å². The van der Waals surface area contributed by atoms with E-state index in [4.69, 9.17) is 11.6 Å². The van der Waals surface area contributed by atoms with Crippen molar-refractivity contribution in [3.8, 4) is 11.3 Å². The van der Waals surface area contributed by atoms with Crippen molar-refractivity contribution >= 4 is 22.9 Å². The number of halogens is 1. The highest BCUT2D eigenvalue weighted by molar-refractivity contribution is 6.30. The fraction of sp³-hybridized carbons (Fsp3) is 0.304. The van der Waals surface area contributed by atoms with Crippen LogP contribution in [0, 0.1) is 6.92 Å². The maximum Gasteiger partial charge on any atom is 0.0918 e. The summed E-state index contributed by atoms with van der Waals surface area (Å²) in [5.41, 5.74) is 8.37. The third kappa shape index (κ3) is 3.56. The van der Waals surface area contributed by atoms with Gasteiger partial charge in [-0.3, -0.25) is 0 Å². The summed E-state index contributed by atoms with van der Waals surface area (Å²) in [4.78, 5) is 0. The van der Waals surface area contributed by atoms with Gasteiger partial charge in [0, 0.05) is 29.4 Å². The van der Waals surface area contributed by atoms with Gasteiger partial charge in [-0.2, -0.15) is 0 Å². The largest absolute Gasteiger partial charge is 0.378 e. The molecule has 29 heavy (non-hydrogen) atoms. The van der Waals surface area contributed by atoms with Crippen molar-refractivity contribution in [2.24, 2.45) is 0 Å². The van der Waals surface area contributed by atoms with Crippen molar-refractivity contribution in [3.05, 3.63) is 70.4 Å². The average molecular weight is 406 g/mol. The number of fused-ring (bicyclic) bond motifs is 3. The molecule has 5 rings (SSSR count). The van der Waals surface area contributed by atoms with E-state index in [2.05, 4.69) is 51.3 Å². The second kappa shape index (κ2) is 7.65. The molecule has 0 aliphatic carbocycles. The summed E-state index contributed by atoms with van der Waals surface area (Å²) >= 11 is 6.22. The molecule has 1 atom stereocenters. The van der Waals surface area contributed by atoms with Crippen LogP contribution >= 0.6 is 11.6 Å². The number of aromatic nitrogens is 3. The summed E-state index contributed by atoms with van der Waals surface area (Å²) in [5.74, 6) is 0. The average Bonchev–Trinajstić information content (AvgIpc) is 3.03. The Kier molecular flexibility index (Phi) is 4.86. The molecule has 0 saturated heterocycles. The van der Waals surface area contributed by atoms with Crippen molar-refractivity contribution in [1.29, 1.82) is 0 Å². The van der Waals surface area contributed by atoms with E-state index in [0.29, 0.717) is 0 Å². The van der Waals surface area contributed by atoms with Gasteiger partial charge in [0.25, 0.3) is 0 Å². The third-order valence-electron chi connectivity index (χ3n) is 5.82. The molecular formula is C23H24ClN5. The van der Waals surface area contributed by atoms with Crippen molar-refractivity contribution in [2.75, 3.05) is 18.4 Å². The van der Waals surface area contributed by atoms with Crippen LogP contribution in [0.25, 0.3) is 16.8 Å². The number of nitrogens with zero attached hydrogens (tertiary/aromatic N) is 3. The number of aryl methyl sites for hydroxylation is 2. The molecule has 3 aromatic rings. The summed E-state index contributed by atoms with van der Waals surface area (Å²) in [5, 5.41) is 16.6. The Balaban J connectivity index is 1.61. The van der Waals surface area contributed by atoms with E-state index in [1.165, 1.54) is 22.3 Å². The maximum atomic E-state index is 6.22. The van der Waals surface area contributed by atoms with Crippen molar-refractivity contribution in [1.82, 2.24) is 20.3 Å². The zero-order chi connectivity index (χ0) is 19.8. The highest BCUT2D eigenvalue weighted by Crippen LogP contribution is 2.38. The molecule has 0 saturated carbocycles. The number of benzene rings is 2. The van der Waals surface area contributed by atoms with Crippen LogP contribution < -0.4 is 10.6 Å². The van der Waals surface area contributed by atoms with Crippen LogP contribution in [0.2, 0.25) is 5.02 Å². The fourth-order valence-corrected chi connectivity index (χ4v) is 4.57. The summed E-state index contributed by atoms with van der Waals surface area (Å²) in [6.07, 6.45) is 4.29. The Morgan fingerprint density at radius 2 is 2.14 bits per heavy atom. The summed E-state index contributed by atoms with van der Waals surface area (Å²) < 4.78 is 2.04. The molecule has 0 fully saturated rings. The second-order valence-electron chi connectivity index (χ2n) is 7.73. The molecule has 148 valence electrons. The third-order valence-corrected chi connectivity index (χ3v) is 6.05. The van der Waals surface area contributed by atoms with Gasteiger partial charge in [0.05, 0.1) is 17.4 Å². The molecule has 0 spiro atoms. The standard InChI is InChI=1S/C23H24ClN5/c1-15-23-20-6-5-17(16-7-10-25-11-8-16)13-21(20)22(9-12-29(23)28-27-15)26-19-4-2-3-18(24)14-19/h2-7,13-14,22,25-26H,8-12H2,1H3/t22-/m1/s1. The second-order valence-corrected chi connectivity index (χ2v) is 8.16. The first-order valence-electron chi connectivity index (χ1n) is 10.2. The van der Waals surface area contributed by atoms with Gasteiger partial charge in [0.15, 0.2) is 0 Å². The SMILES string of the molecule is Cc1nnn2c1-c1ccc(C3=CCNCC3)cc1[C@H](Nc1cccc(Cl)c1)CC2. The highest BCUT2D eigenvalue weighted by atomic mass is 35.5. The lowest BCUT2D eigenvalue weighted by molar-refractivity contribution is 0.539. The molecule has 6 heteroatoms. The first-order chi connectivity index (χ1) is 14.2. The molecule has 2 aromatic carbocycles. The zero-order valence-electron chi connectivity index (χ0n) is 16.5. The van der Waals surface area contributed by atoms with Gasteiger partial charge in [-0.05, 0) is 67.3 Å². The number of anilines is 1. The Morgan fingerprint density at radius 1 is 1.21 bits per heavy atom. The van der Waals surface area contributed by atoms with Gasteiger partial charge in [-0.1, -0.05) is 41.1 Å². The number of hydrogen-bond donors (Lipinski definition) is 2. The Labute approximate surface area is 175 Å². The lowest BCUT2D eigenvalue weighted by atomic mass is 9.90. The van der Waals surface area contributed by atoms with Crippen molar-refractivity contribution < 1.29 is 0 Å². The molecule has 1 aromatic heterocycles. The van der Waals surface area contributed by atoms with Gasteiger partial charge >= 0.3 is 0 Å². The van der Waals surface area contributed by atoms with Crippen LogP contribution in [-0.4, -0.2) is 28.1 Å². The van der Waals surface area contributed by atoms with E-state index >= 15 is 0 Å². The van der Waals surface area contributed by atoms with Crippen molar-refractivity contribution in [2.45, 2.75) is 32.4 Å². The number of hydrogen-bond acceptors (Lipinski definition) is 4. The molecular weight excluding hydrogens is 382 g/mol. The van der Waals surface area contributed by atoms with Crippen molar-refractivity contribution in [3.63, 3.8) is 0 Å². The van der Waals surface area contributed by atoms with Crippen LogP contribution in [-0.2, 0) is 6.54 Å². The topological polar surface area (TPSA) is 54.8 Å². The first-order valence-corrected chi connectivity index (χ1v) is 10.5. The Bertz CT molecular complexity index is 1080. The van der Waals surface area contributed by atoms with E-state index in [-0.39, 0.29) is 6.04 Å². The smallest absolute Gasteiger partial charge is 0.0918 e. The van der Waals surface area contributed by atoms with E-state index in [1.54, 1.807) is 0 Å². The van der Waals surface area contributed by atoms with E-state index in [0.717, 1.165) is 54.6 Å². The monoisotopic (exact) mass is 405 g/mol. The zero-order valence-corrected chi connectivity index (χ0v) is 17.2. The molecule has 0 unspecified atom stereocenters. The molecule has 5 nitrogen and oxygen atoms in total. The molecule has 2 aliphatic heterocycles. The van der Waals surface area contributed by atoms with Crippen LogP contribution in [0.1, 0.15) is 35.7 Å². The van der Waals surface area contributed by atoms with Gasteiger partial charge in [0.2, 0.25) is 0 Å². The summed E-state index contributed by atoms with van der Waals surface area (Å²) in [6.45, 7) is 4.83. The first kappa shape index (κ1) is 18.4. The van der Waals surface area contributed by atoms with Crippen LogP contribution in [0.3, 0.4) is 0 Å². The predicted molar refractivity (Wildman–Crippen MR) is 118 cm³/mol. The van der Waals surface area contributed by atoms with Crippen LogP contribution in [0.5, 0.6) is 0 Å². The number of nitrogens with one attached hydrogen (secondary N) is 2. The predicted octanol–water partition coefficient (Wildman–Crippen LogP) is 4.84. The van der Waals surface area contributed by atoms with Gasteiger partial charge in [-0.25, -0.2) is 4.68 Å². The normalized spacial score (nSPS) is 18.4. The van der Waals surface area contributed by atoms with E-state index < -0.39 is 0 Å². The Hall–Kier alpha value is -2.63. The highest BCUT2D eigenvalue weighted by Gasteiger charge is 2.26. The molecule has 0 amide bonds. The Morgan fingerprint density at radius 3 is 2.97 bits per heavy atom. The lowest BCUT2D eigenvalue weighted by Crippen LogP contribution is -2.20. The molecule has 0 radical (unpaired) electrons.